The number of benzene rings is 3. The van der Waals surface area contributed by atoms with Gasteiger partial charge in [0.25, 0.3) is 0 Å². The maximum atomic E-state index is 8.35. The van der Waals surface area contributed by atoms with Crippen LogP contribution >= 0.6 is 0 Å². The van der Waals surface area contributed by atoms with E-state index >= 15 is 0 Å². The zero-order valence-electron chi connectivity index (χ0n) is 17.7. The second-order valence-corrected chi connectivity index (χ2v) is 4.53. The standard InChI is InChI=1S/C19H14O/c1-13-10-11-18-17(12-13)16-9-5-8-15(19(16)20-18)14-6-3-2-4-7-14/h2-12H,1H3/i2D,6D,7D,8D,9D,11D,12D. The molecule has 1 aromatic heterocycles. The van der Waals surface area contributed by atoms with Crippen molar-refractivity contribution in [3.05, 3.63) is 72.1 Å². The van der Waals surface area contributed by atoms with Crippen LogP contribution in [-0.4, -0.2) is 0 Å². The van der Waals surface area contributed by atoms with Crippen LogP contribution in [0, 0.1) is 6.92 Å². The van der Waals surface area contributed by atoms with E-state index in [4.69, 9.17) is 14.0 Å². The van der Waals surface area contributed by atoms with E-state index in [-0.39, 0.29) is 64.6 Å². The Balaban J connectivity index is 2.27. The smallest absolute Gasteiger partial charge is 0.143 e. The molecular formula is C19H14O. The number of rotatable bonds is 1. The Morgan fingerprint density at radius 1 is 0.950 bits per heavy atom. The van der Waals surface area contributed by atoms with Gasteiger partial charge < -0.3 is 4.42 Å². The van der Waals surface area contributed by atoms with E-state index < -0.39 is 0 Å². The van der Waals surface area contributed by atoms with Crippen LogP contribution in [0.5, 0.6) is 0 Å². The molecule has 0 aliphatic heterocycles. The fraction of sp³-hybridized carbons (Fsp3) is 0.0526. The van der Waals surface area contributed by atoms with Crippen molar-refractivity contribution in [2.75, 3.05) is 0 Å². The Bertz CT molecular complexity index is 1230. The van der Waals surface area contributed by atoms with Gasteiger partial charge in [-0.05, 0) is 24.6 Å². The van der Waals surface area contributed by atoms with E-state index in [0.29, 0.717) is 16.3 Å². The average Bonchev–Trinajstić information content (AvgIpc) is 2.96. The molecule has 0 amide bonds. The molecule has 0 unspecified atom stereocenters. The molecule has 0 radical (unpaired) electrons. The number of hydrogen-bond donors (Lipinski definition) is 0. The van der Waals surface area contributed by atoms with Crippen LogP contribution in [0.25, 0.3) is 33.1 Å². The maximum Gasteiger partial charge on any atom is 0.143 e. The summed E-state index contributed by atoms with van der Waals surface area (Å²) in [6.45, 7) is 1.71. The van der Waals surface area contributed by atoms with Crippen molar-refractivity contribution in [2.24, 2.45) is 0 Å². The molecule has 4 rings (SSSR count). The Hall–Kier alpha value is -2.54. The third-order valence-corrected chi connectivity index (χ3v) is 3.16. The number of para-hydroxylation sites is 1. The molecule has 3 aromatic carbocycles. The van der Waals surface area contributed by atoms with Gasteiger partial charge in [-0.3, -0.25) is 0 Å². The molecule has 0 atom stereocenters. The molecule has 0 aliphatic rings. The Morgan fingerprint density at radius 3 is 2.65 bits per heavy atom. The lowest BCUT2D eigenvalue weighted by atomic mass is 10.0. The Kier molecular flexibility index (Phi) is 1.33. The van der Waals surface area contributed by atoms with Crippen molar-refractivity contribution in [1.82, 2.24) is 0 Å². The average molecular weight is 265 g/mol. The van der Waals surface area contributed by atoms with E-state index in [9.17, 15) is 0 Å². The summed E-state index contributed by atoms with van der Waals surface area (Å²) in [4.78, 5) is 0. The van der Waals surface area contributed by atoms with Gasteiger partial charge in [-0.15, -0.1) is 0 Å². The van der Waals surface area contributed by atoms with Gasteiger partial charge in [-0.25, -0.2) is 0 Å². The molecule has 0 saturated heterocycles. The molecule has 96 valence electrons. The van der Waals surface area contributed by atoms with Crippen LogP contribution in [0.4, 0.5) is 0 Å². The van der Waals surface area contributed by atoms with E-state index in [1.165, 1.54) is 24.3 Å². The van der Waals surface area contributed by atoms with Gasteiger partial charge in [-0.2, -0.15) is 0 Å². The molecule has 1 heteroatoms. The Labute approximate surface area is 127 Å². The first-order valence-corrected chi connectivity index (χ1v) is 6.22. The number of aryl methyl sites for hydroxylation is 1. The molecule has 1 heterocycles. The number of fused-ring (bicyclic) bond motifs is 3. The first-order chi connectivity index (χ1) is 12.7. The second kappa shape index (κ2) is 4.24. The van der Waals surface area contributed by atoms with Gasteiger partial charge in [0.05, 0.1) is 9.60 Å². The SMILES string of the molecule is [2H]c1cc([2H])c(-c2c([2H])cc([2H])c3c2oc2c([2H])cc(C)c([2H])c23)c([2H])c1. The summed E-state index contributed by atoms with van der Waals surface area (Å²) in [6, 6.07) is 5.36. The predicted octanol–water partition coefficient (Wildman–Crippen LogP) is 5.56. The first-order valence-electron chi connectivity index (χ1n) is 9.72. The minimum absolute atomic E-state index is 0.00817. The Morgan fingerprint density at radius 2 is 1.80 bits per heavy atom. The highest BCUT2D eigenvalue weighted by molar-refractivity contribution is 6.09. The lowest BCUT2D eigenvalue weighted by Crippen LogP contribution is -1.77. The summed E-state index contributed by atoms with van der Waals surface area (Å²) >= 11 is 0. The third-order valence-electron chi connectivity index (χ3n) is 3.16. The summed E-state index contributed by atoms with van der Waals surface area (Å²) in [5.41, 5.74) is 1.15. The largest absolute Gasteiger partial charge is 0.455 e. The van der Waals surface area contributed by atoms with Crippen molar-refractivity contribution >= 4 is 21.9 Å². The monoisotopic (exact) mass is 265 g/mol. The fourth-order valence-electron chi connectivity index (χ4n) is 2.26. The molecule has 0 fully saturated rings. The number of furan rings is 1. The van der Waals surface area contributed by atoms with Crippen LogP contribution in [0.3, 0.4) is 0 Å². The maximum absolute atomic E-state index is 8.35. The van der Waals surface area contributed by atoms with Gasteiger partial charge in [0.15, 0.2) is 0 Å². The van der Waals surface area contributed by atoms with Crippen molar-refractivity contribution in [3.8, 4) is 11.1 Å². The molecule has 0 saturated carbocycles. The first kappa shape index (κ1) is 6.27. The molecule has 0 aliphatic carbocycles. The van der Waals surface area contributed by atoms with Gasteiger partial charge >= 0.3 is 0 Å². The van der Waals surface area contributed by atoms with Crippen molar-refractivity contribution in [3.63, 3.8) is 0 Å². The predicted molar refractivity (Wildman–Crippen MR) is 83.9 cm³/mol. The molecule has 0 bridgehead atoms. The minimum Gasteiger partial charge on any atom is -0.455 e. The van der Waals surface area contributed by atoms with Crippen LogP contribution in [0.15, 0.2) is 71.0 Å². The lowest BCUT2D eigenvalue weighted by Gasteiger charge is -2.01. The summed E-state index contributed by atoms with van der Waals surface area (Å²) in [5, 5.41) is 0.628. The van der Waals surface area contributed by atoms with E-state index in [0.717, 1.165) is 0 Å². The third kappa shape index (κ3) is 1.64. The van der Waals surface area contributed by atoms with Gasteiger partial charge in [0.2, 0.25) is 0 Å². The molecule has 4 aromatic rings. The summed E-state index contributed by atoms with van der Waals surface area (Å²) < 4.78 is 63.0. The molecule has 0 N–H and O–H groups in total. The van der Waals surface area contributed by atoms with Crippen LogP contribution < -0.4 is 0 Å². The van der Waals surface area contributed by atoms with Crippen molar-refractivity contribution in [1.29, 1.82) is 0 Å². The van der Waals surface area contributed by atoms with Crippen molar-refractivity contribution in [2.45, 2.75) is 6.92 Å². The topological polar surface area (TPSA) is 13.1 Å². The molecule has 1 nitrogen and oxygen atoms in total. The molecular weight excluding hydrogens is 244 g/mol. The highest BCUT2D eigenvalue weighted by Gasteiger charge is 2.11. The van der Waals surface area contributed by atoms with Gasteiger partial charge in [-0.1, -0.05) is 60.0 Å². The van der Waals surface area contributed by atoms with Crippen LogP contribution in [0.1, 0.15) is 15.2 Å². The summed E-state index contributed by atoms with van der Waals surface area (Å²) in [6.07, 6.45) is 0. The highest BCUT2D eigenvalue weighted by Crippen LogP contribution is 2.35. The summed E-state index contributed by atoms with van der Waals surface area (Å²) in [5.74, 6) is 0. The molecule has 20 heavy (non-hydrogen) atoms. The minimum atomic E-state index is -0.0890. The summed E-state index contributed by atoms with van der Waals surface area (Å²) in [7, 11) is 0. The fourth-order valence-corrected chi connectivity index (χ4v) is 2.26. The van der Waals surface area contributed by atoms with Crippen LogP contribution in [0.2, 0.25) is 0 Å². The normalized spacial score (nSPS) is 16.1. The molecule has 0 spiro atoms. The van der Waals surface area contributed by atoms with E-state index in [1.54, 1.807) is 6.92 Å². The van der Waals surface area contributed by atoms with E-state index in [2.05, 4.69) is 0 Å². The second-order valence-electron chi connectivity index (χ2n) is 4.53. The zero-order chi connectivity index (χ0) is 19.6. The number of hydrogen-bond acceptors (Lipinski definition) is 1. The van der Waals surface area contributed by atoms with Crippen LogP contribution in [-0.2, 0) is 0 Å². The van der Waals surface area contributed by atoms with Gasteiger partial charge in [0.1, 0.15) is 11.2 Å². The van der Waals surface area contributed by atoms with Crippen molar-refractivity contribution < 1.29 is 14.0 Å². The van der Waals surface area contributed by atoms with Gasteiger partial charge in [0, 0.05) is 16.3 Å². The zero-order valence-corrected chi connectivity index (χ0v) is 10.7. The van der Waals surface area contributed by atoms with E-state index in [1.807, 2.05) is 0 Å². The quantitative estimate of drug-likeness (QED) is 0.439. The highest BCUT2D eigenvalue weighted by atomic mass is 16.3. The lowest BCUT2D eigenvalue weighted by molar-refractivity contribution is 0.670.